The number of hydrogen-bond acceptors (Lipinski definition) is 4. The molecule has 1 saturated heterocycles. The van der Waals surface area contributed by atoms with Crippen LogP contribution in [0.4, 0.5) is 0 Å². The Balaban J connectivity index is 2.79. The van der Waals surface area contributed by atoms with Crippen molar-refractivity contribution in [2.45, 2.75) is 59.1 Å². The number of aliphatic carboxylic acids is 1. The number of carboxylic acid groups (broad SMARTS) is 1. The van der Waals surface area contributed by atoms with E-state index >= 15 is 0 Å². The molecule has 6 nitrogen and oxygen atoms in total. The maximum atomic E-state index is 12.4. The van der Waals surface area contributed by atoms with Crippen molar-refractivity contribution >= 4 is 17.7 Å². The summed E-state index contributed by atoms with van der Waals surface area (Å²) in [6.45, 7) is 2.93. The third-order valence-electron chi connectivity index (χ3n) is 3.44. The van der Waals surface area contributed by atoms with Gasteiger partial charge in [-0.1, -0.05) is 27.6 Å². The summed E-state index contributed by atoms with van der Waals surface area (Å²) in [4.78, 5) is 35.4. The SMILES string of the molecule is [2H]C([2H])([2H])C([2H])(C)C[C@H](CC(=O)[C@H]1O[C@@H]1C(=O)O)C(=O)NCCC(C)C. The fraction of sp³-hybridized carbons (Fsp3) is 0.812. The molecule has 0 aromatic heterocycles. The van der Waals surface area contributed by atoms with E-state index in [1.165, 1.54) is 6.92 Å². The van der Waals surface area contributed by atoms with Gasteiger partial charge < -0.3 is 15.2 Å². The molecule has 1 unspecified atom stereocenters. The number of ketones is 1. The van der Waals surface area contributed by atoms with Gasteiger partial charge in [-0.05, 0) is 24.7 Å². The van der Waals surface area contributed by atoms with Crippen LogP contribution in [0, 0.1) is 17.7 Å². The minimum atomic E-state index is -2.62. The maximum Gasteiger partial charge on any atom is 0.336 e. The number of amides is 1. The first-order chi connectivity index (χ1) is 11.8. The molecule has 0 aromatic rings. The van der Waals surface area contributed by atoms with Gasteiger partial charge in [0.2, 0.25) is 5.91 Å². The summed E-state index contributed by atoms with van der Waals surface area (Å²) in [6.07, 6.45) is -2.29. The lowest BCUT2D eigenvalue weighted by Crippen LogP contribution is -2.34. The third kappa shape index (κ3) is 6.13. The lowest BCUT2D eigenvalue weighted by Gasteiger charge is -2.18. The van der Waals surface area contributed by atoms with Crippen LogP contribution in [0.1, 0.15) is 52.4 Å². The predicted octanol–water partition coefficient (Wildman–Crippen LogP) is 1.62. The van der Waals surface area contributed by atoms with Crippen LogP contribution in [0.15, 0.2) is 0 Å². The first kappa shape index (κ1) is 13.0. The van der Waals surface area contributed by atoms with Crippen LogP contribution in [0.5, 0.6) is 0 Å². The van der Waals surface area contributed by atoms with Gasteiger partial charge in [-0.25, -0.2) is 4.79 Å². The van der Waals surface area contributed by atoms with Gasteiger partial charge in [-0.15, -0.1) is 0 Å². The normalized spacial score (nSPS) is 27.6. The lowest BCUT2D eigenvalue weighted by atomic mass is 9.90. The van der Waals surface area contributed by atoms with E-state index in [4.69, 9.17) is 15.3 Å². The first-order valence-corrected chi connectivity index (χ1v) is 7.45. The van der Waals surface area contributed by atoms with Crippen molar-refractivity contribution in [1.29, 1.82) is 0 Å². The second-order valence-electron chi connectivity index (χ2n) is 6.14. The molecule has 4 atom stereocenters. The van der Waals surface area contributed by atoms with Gasteiger partial charge in [0.1, 0.15) is 0 Å². The zero-order valence-corrected chi connectivity index (χ0v) is 13.2. The van der Waals surface area contributed by atoms with Gasteiger partial charge >= 0.3 is 5.97 Å². The number of epoxide rings is 1. The standard InChI is InChI=1S/C16H27NO5/c1-9(2)5-6-17-15(19)11(7-10(3)4)8-12(18)13-14(22-13)16(20)21/h9-11,13-14H,5-8H2,1-4H3,(H,17,19)(H,20,21)/t11-,13-,14+/m1/s1/i3D3,10D/t10?,11-,13-,14+. The number of ether oxygens (including phenoxy) is 1. The monoisotopic (exact) mass is 317 g/mol. The van der Waals surface area contributed by atoms with Crippen molar-refractivity contribution in [2.24, 2.45) is 17.7 Å². The van der Waals surface area contributed by atoms with Gasteiger partial charge in [0.05, 0.1) is 0 Å². The van der Waals surface area contributed by atoms with Crippen LogP contribution in [-0.2, 0) is 19.1 Å². The molecular formula is C16H27NO5. The van der Waals surface area contributed by atoms with Gasteiger partial charge in [-0.3, -0.25) is 9.59 Å². The molecule has 0 bridgehead atoms. The Labute approximate surface area is 137 Å². The Kier molecular flexibility index (Phi) is 4.90. The number of Topliss-reactive ketones (excluding diaryl/α,β-unsaturated/α-hetero) is 1. The molecule has 1 aliphatic rings. The largest absolute Gasteiger partial charge is 0.479 e. The van der Waals surface area contributed by atoms with E-state index in [9.17, 15) is 14.4 Å². The molecule has 1 rings (SSSR count). The summed E-state index contributed by atoms with van der Waals surface area (Å²) in [6, 6.07) is 0. The van der Waals surface area contributed by atoms with Gasteiger partial charge in [-0.2, -0.15) is 0 Å². The lowest BCUT2D eigenvalue weighted by molar-refractivity contribution is -0.138. The van der Waals surface area contributed by atoms with Crippen LogP contribution in [0.3, 0.4) is 0 Å². The Bertz CT molecular complexity index is 547. The molecule has 1 aliphatic heterocycles. The minimum Gasteiger partial charge on any atom is -0.479 e. The second kappa shape index (κ2) is 8.27. The van der Waals surface area contributed by atoms with Gasteiger partial charge in [0, 0.05) is 24.4 Å². The van der Waals surface area contributed by atoms with Crippen LogP contribution < -0.4 is 5.32 Å². The molecule has 0 spiro atoms. The zero-order chi connectivity index (χ0) is 20.3. The van der Waals surface area contributed by atoms with E-state index in [0.717, 1.165) is 6.42 Å². The van der Waals surface area contributed by atoms with E-state index < -0.39 is 48.5 Å². The Morgan fingerprint density at radius 3 is 2.50 bits per heavy atom. The van der Waals surface area contributed by atoms with Crippen molar-refractivity contribution in [1.82, 2.24) is 5.32 Å². The van der Waals surface area contributed by atoms with Crippen molar-refractivity contribution in [2.75, 3.05) is 6.54 Å². The molecule has 1 fully saturated rings. The Morgan fingerprint density at radius 2 is 2.00 bits per heavy atom. The molecule has 0 saturated carbocycles. The van der Waals surface area contributed by atoms with E-state index in [1.807, 2.05) is 13.8 Å². The van der Waals surface area contributed by atoms with Crippen LogP contribution in [0.25, 0.3) is 0 Å². The highest BCUT2D eigenvalue weighted by Crippen LogP contribution is 2.27. The average molecular weight is 317 g/mol. The third-order valence-corrected chi connectivity index (χ3v) is 3.44. The molecule has 6 heteroatoms. The predicted molar refractivity (Wildman–Crippen MR) is 81.3 cm³/mol. The fourth-order valence-corrected chi connectivity index (χ4v) is 2.16. The summed E-state index contributed by atoms with van der Waals surface area (Å²) in [5, 5.41) is 11.5. The van der Waals surface area contributed by atoms with Crippen molar-refractivity contribution in [3.63, 3.8) is 0 Å². The first-order valence-electron chi connectivity index (χ1n) is 9.45. The number of carbonyl (C=O) groups excluding carboxylic acids is 2. The smallest absolute Gasteiger partial charge is 0.336 e. The van der Waals surface area contributed by atoms with E-state index in [-0.39, 0.29) is 12.8 Å². The molecule has 0 aliphatic carbocycles. The number of nitrogens with one attached hydrogen (secondary N) is 1. The molecule has 126 valence electrons. The summed E-state index contributed by atoms with van der Waals surface area (Å²) >= 11 is 0. The number of carbonyl (C=O) groups is 3. The highest BCUT2D eigenvalue weighted by molar-refractivity contribution is 5.95. The summed E-state index contributed by atoms with van der Waals surface area (Å²) in [7, 11) is 0. The topological polar surface area (TPSA) is 96.0 Å². The average Bonchev–Trinajstić information content (AvgIpc) is 3.25. The molecule has 0 aromatic carbocycles. The number of hydrogen-bond donors (Lipinski definition) is 2. The van der Waals surface area contributed by atoms with Crippen molar-refractivity contribution in [3.05, 3.63) is 0 Å². The summed E-state index contributed by atoms with van der Waals surface area (Å²) < 4.78 is 35.2. The zero-order valence-electron chi connectivity index (χ0n) is 17.2. The molecular weight excluding hydrogens is 286 g/mol. The minimum absolute atomic E-state index is 0.340. The summed E-state index contributed by atoms with van der Waals surface area (Å²) in [5.41, 5.74) is 0. The van der Waals surface area contributed by atoms with Crippen molar-refractivity contribution in [3.8, 4) is 0 Å². The van der Waals surface area contributed by atoms with E-state index in [2.05, 4.69) is 5.32 Å². The maximum absolute atomic E-state index is 12.4. The van der Waals surface area contributed by atoms with E-state index in [0.29, 0.717) is 12.5 Å². The Hall–Kier alpha value is -1.43. The number of rotatable bonds is 10. The second-order valence-corrected chi connectivity index (χ2v) is 6.14. The Morgan fingerprint density at radius 1 is 1.32 bits per heavy atom. The fourth-order valence-electron chi connectivity index (χ4n) is 2.16. The summed E-state index contributed by atoms with van der Waals surface area (Å²) in [5.74, 6) is -4.91. The van der Waals surface area contributed by atoms with Crippen LogP contribution in [0.2, 0.25) is 0 Å². The van der Waals surface area contributed by atoms with Crippen molar-refractivity contribution < 1.29 is 29.7 Å². The molecule has 2 N–H and O–H groups in total. The van der Waals surface area contributed by atoms with E-state index in [1.54, 1.807) is 0 Å². The van der Waals surface area contributed by atoms with Gasteiger partial charge in [0.25, 0.3) is 0 Å². The quantitative estimate of drug-likeness (QED) is 0.597. The molecule has 1 heterocycles. The molecule has 1 amide bonds. The number of carboxylic acids is 1. The molecule has 22 heavy (non-hydrogen) atoms. The highest BCUT2D eigenvalue weighted by atomic mass is 16.6. The van der Waals surface area contributed by atoms with Gasteiger partial charge in [0.15, 0.2) is 18.0 Å². The highest BCUT2D eigenvalue weighted by Gasteiger charge is 2.50. The molecule has 0 radical (unpaired) electrons. The van der Waals surface area contributed by atoms with Crippen LogP contribution in [-0.4, -0.2) is 41.5 Å². The van der Waals surface area contributed by atoms with Crippen LogP contribution >= 0.6 is 0 Å².